The summed E-state index contributed by atoms with van der Waals surface area (Å²) in [7, 11) is -3.38. The van der Waals surface area contributed by atoms with Gasteiger partial charge < -0.3 is 5.32 Å². The highest BCUT2D eigenvalue weighted by atomic mass is 32.2. The summed E-state index contributed by atoms with van der Waals surface area (Å²) < 4.78 is 28.3. The van der Waals surface area contributed by atoms with Gasteiger partial charge in [-0.05, 0) is 31.2 Å². The molecular weight excluding hydrogens is 324 g/mol. The Labute approximate surface area is 136 Å². The molecule has 1 heterocycles. The lowest BCUT2D eigenvalue weighted by molar-refractivity contribution is 0.557. The minimum atomic E-state index is -3.38. The first-order valence-corrected chi connectivity index (χ1v) is 10.9. The number of hydrogen-bond donors (Lipinski definition) is 2. The molecule has 21 heavy (non-hydrogen) atoms. The number of thioether (sulfide) groups is 1. The van der Waals surface area contributed by atoms with Gasteiger partial charge in [-0.15, -0.1) is 11.3 Å². The van der Waals surface area contributed by atoms with Crippen LogP contribution in [0.2, 0.25) is 0 Å². The molecule has 0 aliphatic heterocycles. The lowest BCUT2D eigenvalue weighted by Crippen LogP contribution is -2.38. The van der Waals surface area contributed by atoms with Gasteiger partial charge in [0.1, 0.15) is 4.21 Å². The fourth-order valence-electron chi connectivity index (χ4n) is 2.50. The van der Waals surface area contributed by atoms with Crippen LogP contribution in [0.4, 0.5) is 0 Å². The summed E-state index contributed by atoms with van der Waals surface area (Å²) in [4.78, 5) is 1.05. The summed E-state index contributed by atoms with van der Waals surface area (Å²) >= 11 is 3.11. The predicted molar refractivity (Wildman–Crippen MR) is 91.6 cm³/mol. The van der Waals surface area contributed by atoms with Crippen LogP contribution in [0.3, 0.4) is 0 Å². The van der Waals surface area contributed by atoms with Crippen molar-refractivity contribution in [1.29, 1.82) is 0 Å². The highest BCUT2D eigenvalue weighted by Gasteiger charge is 2.31. The number of nitrogens with one attached hydrogen (secondary N) is 2. The lowest BCUT2D eigenvalue weighted by atomic mass is 10.3. The molecule has 0 amide bonds. The second kappa shape index (κ2) is 7.46. The molecular formula is C14H24N2O2S3. The van der Waals surface area contributed by atoms with Crippen LogP contribution in [0, 0.1) is 0 Å². The van der Waals surface area contributed by atoms with Crippen molar-refractivity contribution in [3.05, 3.63) is 17.0 Å². The van der Waals surface area contributed by atoms with Crippen molar-refractivity contribution in [1.82, 2.24) is 10.0 Å². The molecule has 1 aromatic rings. The molecule has 2 rings (SSSR count). The number of hydrogen-bond acceptors (Lipinski definition) is 5. The Morgan fingerprint density at radius 3 is 2.81 bits per heavy atom. The maximum absolute atomic E-state index is 12.5. The molecule has 0 spiro atoms. The molecule has 0 aromatic carbocycles. The quantitative estimate of drug-likeness (QED) is 0.795. The maximum Gasteiger partial charge on any atom is 0.250 e. The summed E-state index contributed by atoms with van der Waals surface area (Å²) in [5.41, 5.74) is 0. The van der Waals surface area contributed by atoms with Crippen LogP contribution < -0.4 is 10.0 Å². The average molecular weight is 349 g/mol. The summed E-state index contributed by atoms with van der Waals surface area (Å²) in [5.74, 6) is 0. The van der Waals surface area contributed by atoms with Crippen molar-refractivity contribution in [3.63, 3.8) is 0 Å². The second-order valence-electron chi connectivity index (χ2n) is 5.69. The van der Waals surface area contributed by atoms with Crippen molar-refractivity contribution in [2.75, 3.05) is 6.26 Å². The fourth-order valence-corrected chi connectivity index (χ4v) is 6.16. The van der Waals surface area contributed by atoms with Crippen molar-refractivity contribution >= 4 is 33.1 Å². The van der Waals surface area contributed by atoms with Crippen molar-refractivity contribution in [3.8, 4) is 0 Å². The molecule has 0 radical (unpaired) electrons. The monoisotopic (exact) mass is 348 g/mol. The molecule has 2 N–H and O–H groups in total. The molecule has 1 saturated carbocycles. The zero-order valence-corrected chi connectivity index (χ0v) is 15.2. The number of rotatable bonds is 7. The van der Waals surface area contributed by atoms with E-state index in [-0.39, 0.29) is 6.04 Å². The molecule has 1 aromatic heterocycles. The largest absolute Gasteiger partial charge is 0.310 e. The van der Waals surface area contributed by atoms with Gasteiger partial charge in [0, 0.05) is 28.8 Å². The van der Waals surface area contributed by atoms with Gasteiger partial charge in [-0.3, -0.25) is 0 Å². The normalized spacial score (nSPS) is 23.0. The van der Waals surface area contributed by atoms with Crippen LogP contribution in [0.15, 0.2) is 16.3 Å². The molecule has 2 unspecified atom stereocenters. The van der Waals surface area contributed by atoms with Crippen molar-refractivity contribution in [2.45, 2.75) is 61.2 Å². The molecule has 0 saturated heterocycles. The van der Waals surface area contributed by atoms with Crippen LogP contribution in [0.25, 0.3) is 0 Å². The van der Waals surface area contributed by atoms with E-state index in [1.807, 2.05) is 6.07 Å². The van der Waals surface area contributed by atoms with E-state index in [2.05, 4.69) is 30.1 Å². The van der Waals surface area contributed by atoms with Crippen molar-refractivity contribution in [2.24, 2.45) is 0 Å². The molecule has 1 fully saturated rings. The van der Waals surface area contributed by atoms with Gasteiger partial charge in [0.15, 0.2) is 0 Å². The van der Waals surface area contributed by atoms with Gasteiger partial charge in [0.25, 0.3) is 0 Å². The topological polar surface area (TPSA) is 58.2 Å². The smallest absolute Gasteiger partial charge is 0.250 e. The Morgan fingerprint density at radius 2 is 2.14 bits per heavy atom. The molecule has 7 heteroatoms. The Morgan fingerprint density at radius 1 is 1.38 bits per heavy atom. The molecule has 1 aliphatic carbocycles. The Balaban J connectivity index is 2.02. The third-order valence-corrected chi connectivity index (χ3v) is 7.88. The van der Waals surface area contributed by atoms with E-state index in [0.29, 0.717) is 22.0 Å². The summed E-state index contributed by atoms with van der Waals surface area (Å²) in [6.45, 7) is 4.87. The lowest BCUT2D eigenvalue weighted by Gasteiger charge is -2.18. The average Bonchev–Trinajstić information content (AvgIpc) is 3.04. The fraction of sp³-hybridized carbons (Fsp3) is 0.714. The first-order chi connectivity index (χ1) is 9.92. The van der Waals surface area contributed by atoms with Crippen LogP contribution in [0.5, 0.6) is 0 Å². The van der Waals surface area contributed by atoms with E-state index in [9.17, 15) is 8.42 Å². The van der Waals surface area contributed by atoms with Gasteiger partial charge in [0.05, 0.1) is 0 Å². The first kappa shape index (κ1) is 17.3. The van der Waals surface area contributed by atoms with Crippen LogP contribution in [0.1, 0.15) is 38.0 Å². The predicted octanol–water partition coefficient (Wildman–Crippen LogP) is 2.81. The second-order valence-corrected chi connectivity index (χ2v) is 9.88. The SMILES string of the molecule is CSC1CCCC1NS(=O)(=O)c1ccc(CNC(C)C)s1. The molecule has 0 bridgehead atoms. The molecule has 120 valence electrons. The van der Waals surface area contributed by atoms with E-state index in [4.69, 9.17) is 0 Å². The van der Waals surface area contributed by atoms with E-state index in [1.54, 1.807) is 17.8 Å². The highest BCUT2D eigenvalue weighted by Crippen LogP contribution is 2.30. The Kier molecular flexibility index (Phi) is 6.14. The zero-order chi connectivity index (χ0) is 15.5. The minimum absolute atomic E-state index is 0.0735. The minimum Gasteiger partial charge on any atom is -0.310 e. The molecule has 2 atom stereocenters. The van der Waals surface area contributed by atoms with Gasteiger partial charge in [-0.2, -0.15) is 11.8 Å². The molecule has 1 aliphatic rings. The van der Waals surface area contributed by atoms with Gasteiger partial charge in [0.2, 0.25) is 10.0 Å². The van der Waals surface area contributed by atoms with E-state index >= 15 is 0 Å². The van der Waals surface area contributed by atoms with E-state index < -0.39 is 10.0 Å². The van der Waals surface area contributed by atoms with Gasteiger partial charge in [-0.1, -0.05) is 20.3 Å². The zero-order valence-electron chi connectivity index (χ0n) is 12.8. The van der Waals surface area contributed by atoms with Crippen LogP contribution in [-0.4, -0.2) is 32.0 Å². The Bertz CT molecular complexity index is 554. The summed E-state index contributed by atoms with van der Waals surface area (Å²) in [6.07, 6.45) is 5.20. The van der Waals surface area contributed by atoms with Crippen LogP contribution in [-0.2, 0) is 16.6 Å². The Hall–Kier alpha value is -0.0800. The van der Waals surface area contributed by atoms with Gasteiger partial charge in [-0.25, -0.2) is 13.1 Å². The third-order valence-electron chi connectivity index (χ3n) is 3.65. The van der Waals surface area contributed by atoms with Crippen LogP contribution >= 0.6 is 23.1 Å². The van der Waals surface area contributed by atoms with Crippen molar-refractivity contribution < 1.29 is 8.42 Å². The standard InChI is InChI=1S/C14H24N2O2S3/c1-10(2)15-9-11-7-8-14(20-11)21(17,18)16-12-5-4-6-13(12)19-3/h7-8,10,12-13,15-16H,4-6,9H2,1-3H3. The number of sulfonamides is 1. The highest BCUT2D eigenvalue weighted by molar-refractivity contribution is 7.99. The van der Waals surface area contributed by atoms with Gasteiger partial charge >= 0.3 is 0 Å². The summed E-state index contributed by atoms with van der Waals surface area (Å²) in [5, 5.41) is 3.71. The first-order valence-electron chi connectivity index (χ1n) is 7.29. The molecule has 4 nitrogen and oxygen atoms in total. The number of thiophene rings is 1. The van der Waals surface area contributed by atoms with E-state index in [1.165, 1.54) is 11.3 Å². The van der Waals surface area contributed by atoms with E-state index in [0.717, 1.165) is 24.1 Å². The summed E-state index contributed by atoms with van der Waals surface area (Å²) in [6, 6.07) is 4.08. The maximum atomic E-state index is 12.5. The third kappa shape index (κ3) is 4.69.